The molecule has 0 bridgehead atoms. The maximum atomic E-state index is 12.1. The minimum atomic E-state index is -0.258. The van der Waals surface area contributed by atoms with Crippen LogP contribution < -0.4 is 11.1 Å². The van der Waals surface area contributed by atoms with Gasteiger partial charge in [-0.15, -0.1) is 0 Å². The minimum Gasteiger partial charge on any atom is -0.398 e. The van der Waals surface area contributed by atoms with E-state index in [9.17, 15) is 4.79 Å². The van der Waals surface area contributed by atoms with Gasteiger partial charge < -0.3 is 11.1 Å². The SMILES string of the molecule is Cc1cccc(C(=O)Nc2ccc(C#N)cc2)c1N. The number of hydrogen-bond acceptors (Lipinski definition) is 3. The standard InChI is InChI=1S/C15H13N3O/c1-10-3-2-4-13(14(10)17)15(19)18-12-7-5-11(9-16)6-8-12/h2-8H,17H2,1H3,(H,18,19). The molecule has 0 saturated carbocycles. The Balaban J connectivity index is 2.21. The second-order valence-electron chi connectivity index (χ2n) is 4.18. The number of hydrogen-bond donors (Lipinski definition) is 2. The fourth-order valence-corrected chi connectivity index (χ4v) is 1.71. The Kier molecular flexibility index (Phi) is 3.48. The van der Waals surface area contributed by atoms with E-state index < -0.39 is 0 Å². The quantitative estimate of drug-likeness (QED) is 0.805. The zero-order valence-corrected chi connectivity index (χ0v) is 10.5. The molecule has 19 heavy (non-hydrogen) atoms. The summed E-state index contributed by atoms with van der Waals surface area (Å²) >= 11 is 0. The van der Waals surface area contributed by atoms with Gasteiger partial charge in [-0.25, -0.2) is 0 Å². The van der Waals surface area contributed by atoms with E-state index >= 15 is 0 Å². The lowest BCUT2D eigenvalue weighted by molar-refractivity contribution is 0.102. The summed E-state index contributed by atoms with van der Waals surface area (Å²) in [5, 5.41) is 11.5. The van der Waals surface area contributed by atoms with Gasteiger partial charge in [0.2, 0.25) is 0 Å². The fourth-order valence-electron chi connectivity index (χ4n) is 1.71. The maximum Gasteiger partial charge on any atom is 0.257 e. The van der Waals surface area contributed by atoms with E-state index in [-0.39, 0.29) is 5.91 Å². The molecule has 0 aromatic heterocycles. The van der Waals surface area contributed by atoms with Crippen molar-refractivity contribution in [2.24, 2.45) is 0 Å². The summed E-state index contributed by atoms with van der Waals surface area (Å²) in [6.45, 7) is 1.85. The summed E-state index contributed by atoms with van der Waals surface area (Å²) in [5.74, 6) is -0.258. The lowest BCUT2D eigenvalue weighted by atomic mass is 10.1. The average molecular weight is 251 g/mol. The van der Waals surface area contributed by atoms with Crippen molar-refractivity contribution >= 4 is 17.3 Å². The Hall–Kier alpha value is -2.80. The number of nitrogens with two attached hydrogens (primary N) is 1. The second kappa shape index (κ2) is 5.23. The molecule has 4 heteroatoms. The number of nitrogens with zero attached hydrogens (tertiary/aromatic N) is 1. The number of amides is 1. The Morgan fingerprint density at radius 2 is 1.89 bits per heavy atom. The Morgan fingerprint density at radius 3 is 2.53 bits per heavy atom. The van der Waals surface area contributed by atoms with Crippen LogP contribution in [0, 0.1) is 18.3 Å². The number of anilines is 2. The number of carbonyl (C=O) groups is 1. The van der Waals surface area contributed by atoms with Crippen molar-refractivity contribution in [2.45, 2.75) is 6.92 Å². The van der Waals surface area contributed by atoms with Gasteiger partial charge in [0.25, 0.3) is 5.91 Å². The summed E-state index contributed by atoms with van der Waals surface area (Å²) in [4.78, 5) is 12.1. The van der Waals surface area contributed by atoms with Crippen molar-refractivity contribution in [2.75, 3.05) is 11.1 Å². The molecule has 0 saturated heterocycles. The predicted molar refractivity (Wildman–Crippen MR) is 74.7 cm³/mol. The third-order valence-corrected chi connectivity index (χ3v) is 2.84. The minimum absolute atomic E-state index is 0.258. The van der Waals surface area contributed by atoms with Gasteiger partial charge in [0.1, 0.15) is 0 Å². The molecule has 0 unspecified atom stereocenters. The van der Waals surface area contributed by atoms with Crippen molar-refractivity contribution < 1.29 is 4.79 Å². The largest absolute Gasteiger partial charge is 0.398 e. The van der Waals surface area contributed by atoms with Crippen LogP contribution >= 0.6 is 0 Å². The van der Waals surface area contributed by atoms with Gasteiger partial charge >= 0.3 is 0 Å². The number of nitriles is 1. The molecule has 94 valence electrons. The lowest BCUT2D eigenvalue weighted by Crippen LogP contribution is -2.14. The molecule has 1 amide bonds. The monoisotopic (exact) mass is 251 g/mol. The maximum absolute atomic E-state index is 12.1. The number of aryl methyl sites for hydroxylation is 1. The van der Waals surface area contributed by atoms with Crippen LogP contribution in [0.5, 0.6) is 0 Å². The number of nitrogen functional groups attached to an aromatic ring is 1. The highest BCUT2D eigenvalue weighted by molar-refractivity contribution is 6.08. The molecule has 2 rings (SSSR count). The third-order valence-electron chi connectivity index (χ3n) is 2.84. The van der Waals surface area contributed by atoms with Gasteiger partial charge in [0, 0.05) is 11.4 Å². The zero-order valence-electron chi connectivity index (χ0n) is 10.5. The zero-order chi connectivity index (χ0) is 13.8. The molecule has 3 N–H and O–H groups in total. The van der Waals surface area contributed by atoms with E-state index in [0.29, 0.717) is 22.5 Å². The van der Waals surface area contributed by atoms with Crippen LogP contribution in [-0.2, 0) is 0 Å². The number of para-hydroxylation sites is 1. The molecule has 0 heterocycles. The van der Waals surface area contributed by atoms with Crippen LogP contribution in [-0.4, -0.2) is 5.91 Å². The molecular weight excluding hydrogens is 238 g/mol. The van der Waals surface area contributed by atoms with E-state index in [1.165, 1.54) is 0 Å². The van der Waals surface area contributed by atoms with E-state index in [1.54, 1.807) is 36.4 Å². The average Bonchev–Trinajstić information content (AvgIpc) is 2.42. The van der Waals surface area contributed by atoms with Crippen LogP contribution in [0.2, 0.25) is 0 Å². The predicted octanol–water partition coefficient (Wildman–Crippen LogP) is 2.70. The van der Waals surface area contributed by atoms with Gasteiger partial charge in [-0.05, 0) is 42.8 Å². The smallest absolute Gasteiger partial charge is 0.257 e. The highest BCUT2D eigenvalue weighted by atomic mass is 16.1. The van der Waals surface area contributed by atoms with E-state index in [1.807, 2.05) is 19.1 Å². The van der Waals surface area contributed by atoms with Gasteiger partial charge in [-0.3, -0.25) is 4.79 Å². The number of carbonyl (C=O) groups excluding carboxylic acids is 1. The normalized spacial score (nSPS) is 9.68. The molecule has 0 fully saturated rings. The molecule has 0 aliphatic carbocycles. The topological polar surface area (TPSA) is 78.9 Å². The molecule has 0 radical (unpaired) electrons. The van der Waals surface area contributed by atoms with Crippen molar-refractivity contribution in [1.82, 2.24) is 0 Å². The molecule has 4 nitrogen and oxygen atoms in total. The summed E-state index contributed by atoms with van der Waals surface area (Å²) in [6, 6.07) is 14.0. The summed E-state index contributed by atoms with van der Waals surface area (Å²) < 4.78 is 0. The summed E-state index contributed by atoms with van der Waals surface area (Å²) in [5.41, 5.74) is 8.85. The molecule has 0 aliphatic rings. The van der Waals surface area contributed by atoms with Crippen molar-refractivity contribution in [3.8, 4) is 6.07 Å². The number of benzene rings is 2. The van der Waals surface area contributed by atoms with Crippen LogP contribution in [0.25, 0.3) is 0 Å². The van der Waals surface area contributed by atoms with Gasteiger partial charge in [-0.2, -0.15) is 5.26 Å². The van der Waals surface area contributed by atoms with E-state index in [4.69, 9.17) is 11.0 Å². The van der Waals surface area contributed by atoms with Crippen LogP contribution in [0.1, 0.15) is 21.5 Å². The van der Waals surface area contributed by atoms with Crippen molar-refractivity contribution in [3.63, 3.8) is 0 Å². The highest BCUT2D eigenvalue weighted by Gasteiger charge is 2.10. The summed E-state index contributed by atoms with van der Waals surface area (Å²) in [6.07, 6.45) is 0. The van der Waals surface area contributed by atoms with Crippen molar-refractivity contribution in [1.29, 1.82) is 5.26 Å². The van der Waals surface area contributed by atoms with Crippen LogP contribution in [0.15, 0.2) is 42.5 Å². The Morgan fingerprint density at radius 1 is 1.21 bits per heavy atom. The second-order valence-corrected chi connectivity index (χ2v) is 4.18. The Bertz CT molecular complexity index is 654. The first kappa shape index (κ1) is 12.7. The number of rotatable bonds is 2. The van der Waals surface area contributed by atoms with Crippen LogP contribution in [0.3, 0.4) is 0 Å². The molecular formula is C15H13N3O. The van der Waals surface area contributed by atoms with Gasteiger partial charge in [0.05, 0.1) is 17.2 Å². The van der Waals surface area contributed by atoms with Crippen LogP contribution in [0.4, 0.5) is 11.4 Å². The first-order chi connectivity index (χ1) is 9.11. The molecule has 0 atom stereocenters. The molecule has 0 aliphatic heterocycles. The first-order valence-corrected chi connectivity index (χ1v) is 5.78. The third kappa shape index (κ3) is 2.72. The lowest BCUT2D eigenvalue weighted by Gasteiger charge is -2.09. The summed E-state index contributed by atoms with van der Waals surface area (Å²) in [7, 11) is 0. The fraction of sp³-hybridized carbons (Fsp3) is 0.0667. The van der Waals surface area contributed by atoms with E-state index in [2.05, 4.69) is 5.32 Å². The van der Waals surface area contributed by atoms with Gasteiger partial charge in [0.15, 0.2) is 0 Å². The molecule has 2 aromatic rings. The Labute approximate surface area is 111 Å². The molecule has 2 aromatic carbocycles. The number of nitrogens with one attached hydrogen (secondary N) is 1. The molecule has 0 spiro atoms. The first-order valence-electron chi connectivity index (χ1n) is 5.78. The van der Waals surface area contributed by atoms with E-state index in [0.717, 1.165) is 5.56 Å². The van der Waals surface area contributed by atoms with Crippen molar-refractivity contribution in [3.05, 3.63) is 59.2 Å². The van der Waals surface area contributed by atoms with Gasteiger partial charge in [-0.1, -0.05) is 12.1 Å². The highest BCUT2D eigenvalue weighted by Crippen LogP contribution is 2.18.